The lowest BCUT2D eigenvalue weighted by molar-refractivity contribution is 0.240. The highest BCUT2D eigenvalue weighted by Gasteiger charge is 2.28. The number of amides is 2. The summed E-state index contributed by atoms with van der Waals surface area (Å²) in [6.07, 6.45) is 2.91. The molecule has 4 rings (SSSR count). The third-order valence-electron chi connectivity index (χ3n) is 4.95. The van der Waals surface area contributed by atoms with Gasteiger partial charge in [-0.15, -0.1) is 0 Å². The Morgan fingerprint density at radius 1 is 1.11 bits per heavy atom. The van der Waals surface area contributed by atoms with Crippen LogP contribution >= 0.6 is 0 Å². The van der Waals surface area contributed by atoms with E-state index in [1.54, 1.807) is 0 Å². The van der Waals surface area contributed by atoms with Crippen molar-refractivity contribution in [2.24, 2.45) is 0 Å². The number of benzene rings is 2. The van der Waals surface area contributed by atoms with E-state index in [9.17, 15) is 4.79 Å². The molecule has 27 heavy (non-hydrogen) atoms. The summed E-state index contributed by atoms with van der Waals surface area (Å²) in [5.74, 6) is 0. The van der Waals surface area contributed by atoms with Gasteiger partial charge in [0.25, 0.3) is 6.01 Å². The van der Waals surface area contributed by atoms with E-state index in [0.717, 1.165) is 36.9 Å². The van der Waals surface area contributed by atoms with E-state index >= 15 is 0 Å². The molecule has 2 heterocycles. The van der Waals surface area contributed by atoms with Gasteiger partial charge in [0.15, 0.2) is 5.58 Å². The summed E-state index contributed by atoms with van der Waals surface area (Å²) in [5, 5.41) is 5.91. The Kier molecular flexibility index (Phi) is 5.23. The molecule has 0 radical (unpaired) electrons. The van der Waals surface area contributed by atoms with E-state index in [4.69, 9.17) is 4.42 Å². The first-order chi connectivity index (χ1) is 13.3. The van der Waals surface area contributed by atoms with Gasteiger partial charge in [-0.3, -0.25) is 0 Å². The van der Waals surface area contributed by atoms with Crippen LogP contribution in [0, 0.1) is 0 Å². The molecule has 1 fully saturated rings. The van der Waals surface area contributed by atoms with Crippen molar-refractivity contribution >= 4 is 23.1 Å². The van der Waals surface area contributed by atoms with Gasteiger partial charge in [0.05, 0.1) is 6.04 Å². The van der Waals surface area contributed by atoms with E-state index < -0.39 is 0 Å². The van der Waals surface area contributed by atoms with Crippen molar-refractivity contribution in [2.75, 3.05) is 24.5 Å². The first kappa shape index (κ1) is 17.4. The highest BCUT2D eigenvalue weighted by atomic mass is 16.4. The average molecular weight is 364 g/mol. The predicted octanol–water partition coefficient (Wildman–Crippen LogP) is 3.34. The molecule has 140 valence electrons. The van der Waals surface area contributed by atoms with Crippen LogP contribution in [0.4, 0.5) is 10.8 Å². The number of hydrogen-bond donors (Lipinski definition) is 2. The van der Waals surface area contributed by atoms with Crippen LogP contribution in [0.5, 0.6) is 0 Å². The van der Waals surface area contributed by atoms with Gasteiger partial charge in [-0.25, -0.2) is 4.79 Å². The maximum atomic E-state index is 12.1. The smallest absolute Gasteiger partial charge is 0.314 e. The third kappa shape index (κ3) is 4.22. The van der Waals surface area contributed by atoms with Crippen LogP contribution in [-0.2, 0) is 6.42 Å². The zero-order chi connectivity index (χ0) is 18.5. The number of para-hydroxylation sites is 2. The largest absolute Gasteiger partial charge is 0.423 e. The first-order valence-electron chi connectivity index (χ1n) is 9.47. The number of urea groups is 1. The van der Waals surface area contributed by atoms with Crippen molar-refractivity contribution in [3.8, 4) is 0 Å². The van der Waals surface area contributed by atoms with Crippen molar-refractivity contribution in [1.82, 2.24) is 15.6 Å². The molecule has 1 saturated heterocycles. The number of carbonyl (C=O) groups is 1. The Morgan fingerprint density at radius 3 is 2.78 bits per heavy atom. The Labute approximate surface area is 158 Å². The molecule has 1 atom stereocenters. The van der Waals surface area contributed by atoms with Crippen LogP contribution in [0.25, 0.3) is 11.1 Å². The summed E-state index contributed by atoms with van der Waals surface area (Å²) in [6, 6.07) is 18.6. The summed E-state index contributed by atoms with van der Waals surface area (Å²) in [6.45, 7) is 2.10. The number of rotatable bonds is 6. The zero-order valence-electron chi connectivity index (χ0n) is 15.2. The van der Waals surface area contributed by atoms with Gasteiger partial charge in [-0.05, 0) is 37.0 Å². The molecule has 1 aromatic heterocycles. The maximum Gasteiger partial charge on any atom is 0.314 e. The van der Waals surface area contributed by atoms with Crippen molar-refractivity contribution in [3.05, 3.63) is 60.2 Å². The predicted molar refractivity (Wildman–Crippen MR) is 106 cm³/mol. The molecular weight excluding hydrogens is 340 g/mol. The van der Waals surface area contributed by atoms with Gasteiger partial charge >= 0.3 is 6.03 Å². The molecule has 0 aliphatic carbocycles. The van der Waals surface area contributed by atoms with Crippen LogP contribution in [0.3, 0.4) is 0 Å². The number of anilines is 1. The lowest BCUT2D eigenvalue weighted by Crippen LogP contribution is -2.44. The molecule has 2 amide bonds. The van der Waals surface area contributed by atoms with Gasteiger partial charge in [0, 0.05) is 19.6 Å². The Morgan fingerprint density at radius 2 is 1.93 bits per heavy atom. The Hall–Kier alpha value is -3.02. The Balaban J connectivity index is 1.27. The van der Waals surface area contributed by atoms with Gasteiger partial charge < -0.3 is 20.0 Å². The lowest BCUT2D eigenvalue weighted by atomic mass is 10.1. The monoisotopic (exact) mass is 364 g/mol. The van der Waals surface area contributed by atoms with Crippen LogP contribution in [0.1, 0.15) is 18.4 Å². The molecule has 1 aliphatic rings. The molecular formula is C21H24N4O2. The van der Waals surface area contributed by atoms with Crippen molar-refractivity contribution in [2.45, 2.75) is 25.3 Å². The van der Waals surface area contributed by atoms with E-state index in [0.29, 0.717) is 19.1 Å². The fraction of sp³-hybridized carbons (Fsp3) is 0.333. The fourth-order valence-corrected chi connectivity index (χ4v) is 3.52. The van der Waals surface area contributed by atoms with Crippen molar-refractivity contribution < 1.29 is 9.21 Å². The molecule has 1 unspecified atom stereocenters. The minimum Gasteiger partial charge on any atom is -0.423 e. The summed E-state index contributed by atoms with van der Waals surface area (Å²) in [5.41, 5.74) is 2.88. The highest BCUT2D eigenvalue weighted by Crippen LogP contribution is 2.27. The molecule has 6 nitrogen and oxygen atoms in total. The highest BCUT2D eigenvalue weighted by molar-refractivity contribution is 5.75. The van der Waals surface area contributed by atoms with E-state index in [-0.39, 0.29) is 12.1 Å². The molecule has 0 bridgehead atoms. The summed E-state index contributed by atoms with van der Waals surface area (Å²) >= 11 is 0. The minimum atomic E-state index is -0.129. The minimum absolute atomic E-state index is 0.129. The van der Waals surface area contributed by atoms with E-state index in [2.05, 4.69) is 32.7 Å². The number of nitrogens with one attached hydrogen (secondary N) is 2. The zero-order valence-corrected chi connectivity index (χ0v) is 15.2. The van der Waals surface area contributed by atoms with Crippen LogP contribution in [0.15, 0.2) is 59.0 Å². The maximum absolute atomic E-state index is 12.1. The summed E-state index contributed by atoms with van der Waals surface area (Å²) < 4.78 is 5.89. The summed E-state index contributed by atoms with van der Waals surface area (Å²) in [7, 11) is 0. The van der Waals surface area contributed by atoms with E-state index in [1.165, 1.54) is 5.56 Å². The topological polar surface area (TPSA) is 70.4 Å². The number of fused-ring (bicyclic) bond motifs is 1. The molecule has 2 N–H and O–H groups in total. The normalized spacial score (nSPS) is 16.6. The number of aromatic nitrogens is 1. The van der Waals surface area contributed by atoms with Crippen molar-refractivity contribution in [1.29, 1.82) is 0 Å². The number of hydrogen-bond acceptors (Lipinski definition) is 4. The average Bonchev–Trinajstić information content (AvgIpc) is 3.33. The quantitative estimate of drug-likeness (QED) is 0.704. The lowest BCUT2D eigenvalue weighted by Gasteiger charge is -2.23. The van der Waals surface area contributed by atoms with Gasteiger partial charge in [0.2, 0.25) is 0 Å². The molecule has 1 aliphatic heterocycles. The molecule has 2 aromatic carbocycles. The molecule has 3 aromatic rings. The number of carbonyl (C=O) groups excluding carboxylic acids is 1. The van der Waals surface area contributed by atoms with Crippen molar-refractivity contribution in [3.63, 3.8) is 0 Å². The standard InChI is InChI=1S/C21H24N4O2/c26-20(22-13-12-16-7-2-1-3-8-16)23-15-17-9-6-14-25(17)21-24-18-10-4-5-11-19(18)27-21/h1-5,7-8,10-11,17H,6,9,12-15H2,(H2,22,23,26). The molecule has 0 saturated carbocycles. The van der Waals surface area contributed by atoms with Gasteiger partial charge in [0.1, 0.15) is 5.52 Å². The van der Waals surface area contributed by atoms with Crippen LogP contribution < -0.4 is 15.5 Å². The number of oxazole rings is 1. The molecule has 0 spiro atoms. The Bertz CT molecular complexity index is 860. The SMILES string of the molecule is O=C(NCCc1ccccc1)NCC1CCCN1c1nc2ccccc2o1. The van der Waals surface area contributed by atoms with E-state index in [1.807, 2.05) is 42.5 Å². The fourth-order valence-electron chi connectivity index (χ4n) is 3.52. The van der Waals surface area contributed by atoms with Gasteiger partial charge in [-0.2, -0.15) is 4.98 Å². The molecule has 6 heteroatoms. The third-order valence-corrected chi connectivity index (χ3v) is 4.95. The van der Waals surface area contributed by atoms with Crippen LogP contribution in [-0.4, -0.2) is 36.7 Å². The second-order valence-corrected chi connectivity index (χ2v) is 6.83. The van der Waals surface area contributed by atoms with Gasteiger partial charge in [-0.1, -0.05) is 42.5 Å². The first-order valence-corrected chi connectivity index (χ1v) is 9.47. The second kappa shape index (κ2) is 8.12. The summed E-state index contributed by atoms with van der Waals surface area (Å²) in [4.78, 5) is 18.8. The second-order valence-electron chi connectivity index (χ2n) is 6.83. The van der Waals surface area contributed by atoms with Crippen LogP contribution in [0.2, 0.25) is 0 Å². The number of nitrogens with zero attached hydrogens (tertiary/aromatic N) is 2.